The molecule has 2 aromatic rings. The molecule has 21 heavy (non-hydrogen) atoms. The molecule has 2 N–H and O–H groups in total. The lowest BCUT2D eigenvalue weighted by atomic mass is 10.1. The summed E-state index contributed by atoms with van der Waals surface area (Å²) in [5.41, 5.74) is 2.23. The van der Waals surface area contributed by atoms with Crippen molar-refractivity contribution in [2.45, 2.75) is 6.54 Å². The van der Waals surface area contributed by atoms with Gasteiger partial charge in [-0.1, -0.05) is 15.9 Å². The molecule has 0 unspecified atom stereocenters. The summed E-state index contributed by atoms with van der Waals surface area (Å²) in [6, 6.07) is 11.1. The number of nitrogens with zero attached hydrogens (tertiary/aromatic N) is 1. The van der Waals surface area contributed by atoms with Crippen LogP contribution in [0.2, 0.25) is 0 Å². The topological polar surface area (TPSA) is 65.3 Å². The fourth-order valence-electron chi connectivity index (χ4n) is 1.84. The molecule has 2 aromatic carbocycles. The molecule has 0 aliphatic heterocycles. The molecule has 4 nitrogen and oxygen atoms in total. The van der Waals surface area contributed by atoms with E-state index < -0.39 is 0 Å². The molecular formula is C15H12Br2N2O2. The molecule has 0 saturated heterocycles. The van der Waals surface area contributed by atoms with Gasteiger partial charge in [0.2, 0.25) is 0 Å². The van der Waals surface area contributed by atoms with Gasteiger partial charge < -0.3 is 15.2 Å². The first-order valence-corrected chi connectivity index (χ1v) is 7.62. The molecule has 0 bridgehead atoms. The van der Waals surface area contributed by atoms with Crippen molar-refractivity contribution in [1.82, 2.24) is 0 Å². The number of nitrogens with one attached hydrogen (secondary N) is 1. The molecule has 0 amide bonds. The lowest BCUT2D eigenvalue weighted by Gasteiger charge is -2.12. The van der Waals surface area contributed by atoms with E-state index in [0.717, 1.165) is 15.7 Å². The van der Waals surface area contributed by atoms with Gasteiger partial charge in [0.25, 0.3) is 0 Å². The van der Waals surface area contributed by atoms with E-state index in [9.17, 15) is 5.11 Å². The van der Waals surface area contributed by atoms with E-state index in [1.165, 1.54) is 7.11 Å². The Hall–Kier alpha value is -1.71. The van der Waals surface area contributed by atoms with Crippen molar-refractivity contribution in [2.24, 2.45) is 0 Å². The van der Waals surface area contributed by atoms with Gasteiger partial charge in [0.05, 0.1) is 22.8 Å². The second-order valence-corrected chi connectivity index (χ2v) is 6.05. The molecule has 0 aliphatic rings. The van der Waals surface area contributed by atoms with Gasteiger partial charge >= 0.3 is 0 Å². The summed E-state index contributed by atoms with van der Waals surface area (Å²) in [5, 5.41) is 22.1. The number of anilines is 1. The normalized spacial score (nSPS) is 10.0. The minimum atomic E-state index is 0.0708. The summed E-state index contributed by atoms with van der Waals surface area (Å²) >= 11 is 6.67. The van der Waals surface area contributed by atoms with Crippen LogP contribution < -0.4 is 10.1 Å². The number of rotatable bonds is 4. The minimum absolute atomic E-state index is 0.0708. The Morgan fingerprint density at radius 1 is 1.29 bits per heavy atom. The summed E-state index contributed by atoms with van der Waals surface area (Å²) in [6.07, 6.45) is 0. The Kier molecular flexibility index (Phi) is 5.10. The van der Waals surface area contributed by atoms with Crippen molar-refractivity contribution in [2.75, 3.05) is 12.4 Å². The van der Waals surface area contributed by atoms with Gasteiger partial charge in [-0.3, -0.25) is 0 Å². The molecule has 0 atom stereocenters. The molecule has 0 saturated carbocycles. The number of benzene rings is 2. The quantitative estimate of drug-likeness (QED) is 0.781. The zero-order valence-electron chi connectivity index (χ0n) is 11.2. The van der Waals surface area contributed by atoms with E-state index in [2.05, 4.69) is 43.2 Å². The maximum atomic E-state index is 9.78. The van der Waals surface area contributed by atoms with Crippen LogP contribution in [0.4, 0.5) is 5.69 Å². The van der Waals surface area contributed by atoms with Gasteiger partial charge in [-0.25, -0.2) is 0 Å². The predicted octanol–water partition coefficient (Wildman–Crippen LogP) is 4.41. The Morgan fingerprint density at radius 2 is 2.05 bits per heavy atom. The van der Waals surface area contributed by atoms with Crippen molar-refractivity contribution in [3.63, 3.8) is 0 Å². The molecule has 0 aromatic heterocycles. The van der Waals surface area contributed by atoms with E-state index in [0.29, 0.717) is 22.3 Å². The third kappa shape index (κ3) is 3.69. The molecule has 0 heterocycles. The zero-order chi connectivity index (χ0) is 15.4. The number of ether oxygens (including phenoxy) is 1. The Labute approximate surface area is 139 Å². The fraction of sp³-hybridized carbons (Fsp3) is 0.133. The Morgan fingerprint density at radius 3 is 2.71 bits per heavy atom. The molecule has 6 heteroatoms. The van der Waals surface area contributed by atoms with E-state index in [1.54, 1.807) is 18.2 Å². The van der Waals surface area contributed by atoms with Crippen molar-refractivity contribution >= 4 is 37.5 Å². The maximum absolute atomic E-state index is 9.78. The van der Waals surface area contributed by atoms with Crippen LogP contribution in [0.5, 0.6) is 11.5 Å². The first-order chi connectivity index (χ1) is 10.0. The number of aromatic hydroxyl groups is 1. The summed E-state index contributed by atoms with van der Waals surface area (Å²) in [5.74, 6) is 0.470. The highest BCUT2D eigenvalue weighted by atomic mass is 79.9. The monoisotopic (exact) mass is 410 g/mol. The SMILES string of the molecule is COc1cc(CNc2cc(Br)ccc2C#N)cc(Br)c1O. The molecular weight excluding hydrogens is 400 g/mol. The van der Waals surface area contributed by atoms with Gasteiger partial charge in [0.15, 0.2) is 11.5 Å². The number of nitriles is 1. The highest BCUT2D eigenvalue weighted by Crippen LogP contribution is 2.35. The van der Waals surface area contributed by atoms with Crippen LogP contribution in [-0.4, -0.2) is 12.2 Å². The van der Waals surface area contributed by atoms with Gasteiger partial charge in [0, 0.05) is 11.0 Å². The van der Waals surface area contributed by atoms with Crippen molar-refractivity contribution in [3.05, 3.63) is 50.4 Å². The number of phenols is 1. The van der Waals surface area contributed by atoms with Crippen molar-refractivity contribution in [3.8, 4) is 17.6 Å². The predicted molar refractivity (Wildman–Crippen MR) is 88.5 cm³/mol. The van der Waals surface area contributed by atoms with E-state index >= 15 is 0 Å². The zero-order valence-corrected chi connectivity index (χ0v) is 14.3. The molecule has 108 valence electrons. The Bertz CT molecular complexity index is 712. The first-order valence-electron chi connectivity index (χ1n) is 6.04. The number of hydrogen-bond acceptors (Lipinski definition) is 4. The highest BCUT2D eigenvalue weighted by Gasteiger charge is 2.09. The van der Waals surface area contributed by atoms with Gasteiger partial charge in [0.1, 0.15) is 6.07 Å². The lowest BCUT2D eigenvalue weighted by molar-refractivity contribution is 0.371. The van der Waals surface area contributed by atoms with Crippen LogP contribution in [0.25, 0.3) is 0 Å². The molecule has 0 radical (unpaired) electrons. The summed E-state index contributed by atoms with van der Waals surface area (Å²) < 4.78 is 6.57. The number of methoxy groups -OCH3 is 1. The number of phenolic OH excluding ortho intramolecular Hbond substituents is 1. The Balaban J connectivity index is 2.23. The third-order valence-corrected chi connectivity index (χ3v) is 3.99. The van der Waals surface area contributed by atoms with Crippen LogP contribution in [0.1, 0.15) is 11.1 Å². The van der Waals surface area contributed by atoms with Crippen LogP contribution in [0.15, 0.2) is 39.3 Å². The molecule has 0 aliphatic carbocycles. The van der Waals surface area contributed by atoms with Crippen LogP contribution in [-0.2, 0) is 6.54 Å². The first kappa shape index (κ1) is 15.7. The molecule has 2 rings (SSSR count). The average molecular weight is 412 g/mol. The van der Waals surface area contributed by atoms with Gasteiger partial charge in [-0.2, -0.15) is 5.26 Å². The summed E-state index contributed by atoms with van der Waals surface area (Å²) in [6.45, 7) is 0.500. The molecule has 0 fully saturated rings. The van der Waals surface area contributed by atoms with Crippen molar-refractivity contribution in [1.29, 1.82) is 5.26 Å². The van der Waals surface area contributed by atoms with Crippen LogP contribution >= 0.6 is 31.9 Å². The van der Waals surface area contributed by atoms with Gasteiger partial charge in [-0.15, -0.1) is 0 Å². The second kappa shape index (κ2) is 6.83. The van der Waals surface area contributed by atoms with Gasteiger partial charge in [-0.05, 0) is 51.8 Å². The summed E-state index contributed by atoms with van der Waals surface area (Å²) in [4.78, 5) is 0. The number of hydrogen-bond donors (Lipinski definition) is 2. The maximum Gasteiger partial charge on any atom is 0.172 e. The van der Waals surface area contributed by atoms with E-state index in [1.807, 2.05) is 12.1 Å². The average Bonchev–Trinajstić information content (AvgIpc) is 2.48. The lowest BCUT2D eigenvalue weighted by Crippen LogP contribution is -2.02. The van der Waals surface area contributed by atoms with E-state index in [4.69, 9.17) is 10.00 Å². The second-order valence-electron chi connectivity index (χ2n) is 4.28. The van der Waals surface area contributed by atoms with E-state index in [-0.39, 0.29) is 5.75 Å². The molecule has 0 spiro atoms. The van der Waals surface area contributed by atoms with Crippen molar-refractivity contribution < 1.29 is 9.84 Å². The minimum Gasteiger partial charge on any atom is -0.503 e. The van der Waals surface area contributed by atoms with Crippen LogP contribution in [0.3, 0.4) is 0 Å². The smallest absolute Gasteiger partial charge is 0.172 e. The highest BCUT2D eigenvalue weighted by molar-refractivity contribution is 9.10. The standard InChI is InChI=1S/C15H12Br2N2O2/c1-21-14-5-9(4-12(17)15(14)20)8-19-13-6-11(16)3-2-10(13)7-18/h2-6,19-20H,8H2,1H3. The third-order valence-electron chi connectivity index (χ3n) is 2.89. The largest absolute Gasteiger partial charge is 0.503 e. The number of halogens is 2. The van der Waals surface area contributed by atoms with Crippen LogP contribution in [0, 0.1) is 11.3 Å². The summed E-state index contributed by atoms with van der Waals surface area (Å²) in [7, 11) is 1.50. The fourth-order valence-corrected chi connectivity index (χ4v) is 2.69.